The fourth-order valence-corrected chi connectivity index (χ4v) is 4.51. The number of carbonyl (C=O) groups is 1. The van der Waals surface area contributed by atoms with Gasteiger partial charge in [-0.2, -0.15) is 0 Å². The predicted molar refractivity (Wildman–Crippen MR) is 119 cm³/mol. The highest BCUT2D eigenvalue weighted by Gasteiger charge is 2.25. The van der Waals surface area contributed by atoms with Gasteiger partial charge in [0, 0.05) is 24.4 Å². The number of furan rings is 1. The van der Waals surface area contributed by atoms with Crippen LogP contribution in [0.15, 0.2) is 58.5 Å². The van der Waals surface area contributed by atoms with Crippen LogP contribution in [0.5, 0.6) is 11.5 Å². The van der Waals surface area contributed by atoms with Crippen LogP contribution >= 0.6 is 11.3 Å². The second-order valence-electron chi connectivity index (χ2n) is 7.39. The van der Waals surface area contributed by atoms with Crippen LogP contribution in [0.25, 0.3) is 0 Å². The number of hydrogen-bond donors (Lipinski definition) is 1. The molecule has 0 radical (unpaired) electrons. The number of nitrogens with zero attached hydrogens (tertiary/aromatic N) is 2. The maximum absolute atomic E-state index is 12.8. The Balaban J connectivity index is 1.38. The second kappa shape index (κ2) is 9.89. The molecule has 164 valence electrons. The number of methoxy groups -OCH3 is 1. The van der Waals surface area contributed by atoms with Crippen molar-refractivity contribution in [2.45, 2.75) is 25.6 Å². The average Bonchev–Trinajstić information content (AvgIpc) is 3.46. The second-order valence-corrected chi connectivity index (χ2v) is 8.40. The number of benzene rings is 1. The first-order valence-corrected chi connectivity index (χ1v) is 11.1. The van der Waals surface area contributed by atoms with E-state index in [-0.39, 0.29) is 12.5 Å². The number of carbonyl (C=O) groups excluding carboxylic acids is 1. The van der Waals surface area contributed by atoms with Crippen molar-refractivity contribution in [2.24, 2.45) is 0 Å². The molecule has 3 heterocycles. The molecule has 1 N–H and O–H groups in total. The highest BCUT2D eigenvalue weighted by atomic mass is 32.1. The Kier molecular flexibility index (Phi) is 6.79. The van der Waals surface area contributed by atoms with Gasteiger partial charge in [0.15, 0.2) is 0 Å². The van der Waals surface area contributed by atoms with Crippen LogP contribution in [0.1, 0.15) is 17.1 Å². The van der Waals surface area contributed by atoms with E-state index < -0.39 is 6.10 Å². The molecule has 2 aromatic heterocycles. The molecule has 0 fully saturated rings. The molecule has 0 saturated carbocycles. The molecule has 1 aliphatic heterocycles. The maximum atomic E-state index is 12.8. The summed E-state index contributed by atoms with van der Waals surface area (Å²) in [6.45, 7) is 2.09. The summed E-state index contributed by atoms with van der Waals surface area (Å²) in [5.74, 6) is 2.27. The molecular weight excluding hydrogens is 416 g/mol. The van der Waals surface area contributed by atoms with Gasteiger partial charge < -0.3 is 28.8 Å². The van der Waals surface area contributed by atoms with Crippen LogP contribution in [0, 0.1) is 0 Å². The highest BCUT2D eigenvalue weighted by molar-refractivity contribution is 7.10. The van der Waals surface area contributed by atoms with E-state index >= 15 is 0 Å². The van der Waals surface area contributed by atoms with Crippen molar-refractivity contribution in [1.82, 2.24) is 4.90 Å². The van der Waals surface area contributed by atoms with E-state index in [9.17, 15) is 9.90 Å². The summed E-state index contributed by atoms with van der Waals surface area (Å²) in [5.41, 5.74) is 1.06. The Hall–Kier alpha value is -2.97. The summed E-state index contributed by atoms with van der Waals surface area (Å²) in [4.78, 5) is 17.8. The third-order valence-electron chi connectivity index (χ3n) is 5.21. The zero-order valence-corrected chi connectivity index (χ0v) is 18.2. The van der Waals surface area contributed by atoms with Crippen molar-refractivity contribution in [2.75, 3.05) is 31.7 Å². The van der Waals surface area contributed by atoms with E-state index in [0.29, 0.717) is 38.3 Å². The number of fused-ring (bicyclic) bond motifs is 1. The summed E-state index contributed by atoms with van der Waals surface area (Å²) in [7, 11) is 1.61. The van der Waals surface area contributed by atoms with E-state index in [1.807, 2.05) is 46.7 Å². The molecule has 4 rings (SSSR count). The third kappa shape index (κ3) is 5.39. The van der Waals surface area contributed by atoms with Gasteiger partial charge in [0.2, 0.25) is 5.91 Å². The Morgan fingerprint density at radius 2 is 1.97 bits per heavy atom. The van der Waals surface area contributed by atoms with Gasteiger partial charge in [-0.15, -0.1) is 11.3 Å². The lowest BCUT2D eigenvalue weighted by molar-refractivity contribution is -0.132. The minimum Gasteiger partial charge on any atom is -0.497 e. The molecule has 3 aromatic rings. The van der Waals surface area contributed by atoms with Gasteiger partial charge in [0.1, 0.15) is 30.0 Å². The quantitative estimate of drug-likeness (QED) is 0.575. The molecule has 7 nitrogen and oxygen atoms in total. The molecule has 8 heteroatoms. The zero-order valence-electron chi connectivity index (χ0n) is 17.4. The lowest BCUT2D eigenvalue weighted by Gasteiger charge is -2.32. The molecule has 1 aliphatic rings. The molecule has 1 aromatic carbocycles. The van der Waals surface area contributed by atoms with Gasteiger partial charge in [-0.3, -0.25) is 4.79 Å². The van der Waals surface area contributed by atoms with Crippen LogP contribution in [-0.4, -0.2) is 48.8 Å². The number of aliphatic hydroxyl groups is 1. The van der Waals surface area contributed by atoms with Crippen LogP contribution in [0.4, 0.5) is 5.69 Å². The Labute approximate surface area is 185 Å². The van der Waals surface area contributed by atoms with Crippen molar-refractivity contribution >= 4 is 22.9 Å². The van der Waals surface area contributed by atoms with Crippen molar-refractivity contribution in [3.8, 4) is 11.5 Å². The summed E-state index contributed by atoms with van der Waals surface area (Å²) in [5, 5.41) is 12.6. The molecule has 0 saturated heterocycles. The molecule has 0 aliphatic carbocycles. The Morgan fingerprint density at radius 3 is 2.71 bits per heavy atom. The summed E-state index contributed by atoms with van der Waals surface area (Å²) in [6, 6.07) is 13.0. The number of thiophene rings is 1. The Morgan fingerprint density at radius 1 is 1.16 bits per heavy atom. The van der Waals surface area contributed by atoms with Gasteiger partial charge in [-0.25, -0.2) is 0 Å². The van der Waals surface area contributed by atoms with Crippen molar-refractivity contribution in [3.63, 3.8) is 0 Å². The minimum absolute atomic E-state index is 0.0735. The third-order valence-corrected chi connectivity index (χ3v) is 6.10. The lowest BCUT2D eigenvalue weighted by atomic mass is 10.2. The largest absolute Gasteiger partial charge is 0.497 e. The number of β-amino-alcohol motifs (C(OH)–C–C–N with tert-alkyl or cyclic N) is 1. The predicted octanol–water partition coefficient (Wildman–Crippen LogP) is 3.53. The number of ether oxygens (including phenoxy) is 2. The molecule has 1 atom stereocenters. The summed E-state index contributed by atoms with van der Waals surface area (Å²) < 4.78 is 16.3. The first-order valence-electron chi connectivity index (χ1n) is 10.2. The van der Waals surface area contributed by atoms with Crippen LogP contribution in [0.3, 0.4) is 0 Å². The molecular formula is C23H26N2O5S. The average molecular weight is 443 g/mol. The summed E-state index contributed by atoms with van der Waals surface area (Å²) in [6.07, 6.45) is 1.31. The van der Waals surface area contributed by atoms with Gasteiger partial charge in [0.05, 0.1) is 32.1 Å². The summed E-state index contributed by atoms with van der Waals surface area (Å²) >= 11 is 1.62. The zero-order chi connectivity index (χ0) is 21.6. The molecule has 0 spiro atoms. The standard InChI is InChI=1S/C23H26N2O5S/c1-28-18-4-6-19(7-5-18)30-16-17(26)13-24-10-8-23(27)25(14-20-3-2-11-29-20)15-22-21(24)9-12-31-22/h2-7,9,11-12,17,26H,8,10,13-16H2,1H3. The number of anilines is 1. The van der Waals surface area contributed by atoms with Crippen molar-refractivity contribution < 1.29 is 23.8 Å². The van der Waals surface area contributed by atoms with Crippen molar-refractivity contribution in [1.29, 1.82) is 0 Å². The first-order chi connectivity index (χ1) is 15.1. The molecule has 1 amide bonds. The van der Waals surface area contributed by atoms with Gasteiger partial charge in [0.25, 0.3) is 0 Å². The van der Waals surface area contributed by atoms with E-state index in [1.165, 1.54) is 0 Å². The molecule has 0 bridgehead atoms. The van der Waals surface area contributed by atoms with E-state index in [1.54, 1.807) is 24.7 Å². The van der Waals surface area contributed by atoms with Crippen LogP contribution in [0.2, 0.25) is 0 Å². The Bertz CT molecular complexity index is 970. The minimum atomic E-state index is -0.691. The van der Waals surface area contributed by atoms with Gasteiger partial charge in [-0.1, -0.05) is 0 Å². The number of aliphatic hydroxyl groups excluding tert-OH is 1. The monoisotopic (exact) mass is 442 g/mol. The fraction of sp³-hybridized carbons (Fsp3) is 0.348. The number of rotatable bonds is 8. The SMILES string of the molecule is COc1ccc(OCC(O)CN2CCC(=O)N(Cc3ccco3)Cc3sccc32)cc1. The van der Waals surface area contributed by atoms with E-state index in [2.05, 4.69) is 11.0 Å². The highest BCUT2D eigenvalue weighted by Crippen LogP contribution is 2.31. The normalized spacial score (nSPS) is 15.2. The van der Waals surface area contributed by atoms with E-state index in [4.69, 9.17) is 13.9 Å². The van der Waals surface area contributed by atoms with Crippen molar-refractivity contribution in [3.05, 3.63) is 64.7 Å². The molecule has 1 unspecified atom stereocenters. The van der Waals surface area contributed by atoms with Crippen LogP contribution < -0.4 is 14.4 Å². The van der Waals surface area contributed by atoms with Crippen LogP contribution in [-0.2, 0) is 17.9 Å². The smallest absolute Gasteiger partial charge is 0.225 e. The van der Waals surface area contributed by atoms with Gasteiger partial charge >= 0.3 is 0 Å². The number of amides is 1. The fourth-order valence-electron chi connectivity index (χ4n) is 3.60. The van der Waals surface area contributed by atoms with Gasteiger partial charge in [-0.05, 0) is 47.8 Å². The maximum Gasteiger partial charge on any atom is 0.225 e. The number of hydrogen-bond acceptors (Lipinski definition) is 7. The topological polar surface area (TPSA) is 75.4 Å². The first kappa shape index (κ1) is 21.3. The lowest BCUT2D eigenvalue weighted by Crippen LogP contribution is -2.41. The van der Waals surface area contributed by atoms with E-state index in [0.717, 1.165) is 22.1 Å². The molecule has 31 heavy (non-hydrogen) atoms.